The molecule has 2 aromatic heterocycles. The lowest BCUT2D eigenvalue weighted by atomic mass is 9.35. The topological polar surface area (TPSA) is 150 Å². The third kappa shape index (κ3) is 4.69. The van der Waals surface area contributed by atoms with E-state index in [-0.39, 0.29) is 43.1 Å². The number of nitrogens with one attached hydrogen (secondary N) is 3. The summed E-state index contributed by atoms with van der Waals surface area (Å²) in [7, 11) is 0. The van der Waals surface area contributed by atoms with Crippen molar-refractivity contribution in [2.45, 2.75) is 32.0 Å². The Kier molecular flexibility index (Phi) is 5.61. The van der Waals surface area contributed by atoms with Crippen molar-refractivity contribution in [2.75, 3.05) is 16.0 Å². The van der Waals surface area contributed by atoms with E-state index in [1.807, 2.05) is 0 Å². The largest absolute Gasteiger partial charge is 0.481 e. The van der Waals surface area contributed by atoms with Crippen molar-refractivity contribution in [3.63, 3.8) is 0 Å². The van der Waals surface area contributed by atoms with Gasteiger partial charge in [0.1, 0.15) is 5.69 Å². The van der Waals surface area contributed by atoms with Crippen molar-refractivity contribution in [1.29, 1.82) is 0 Å². The zero-order valence-corrected chi connectivity index (χ0v) is 19.0. The first-order valence-corrected chi connectivity index (χ1v) is 11.1. The summed E-state index contributed by atoms with van der Waals surface area (Å²) in [5.74, 6) is -1.60. The molecule has 3 aromatic rings. The monoisotopic (exact) mass is 517 g/mol. The molecule has 3 saturated carbocycles. The fourth-order valence-electron chi connectivity index (χ4n) is 4.80. The van der Waals surface area contributed by atoms with Crippen molar-refractivity contribution in [2.24, 2.45) is 10.8 Å². The number of benzene rings is 1. The third-order valence-corrected chi connectivity index (χ3v) is 6.54. The number of hydrogen-bond acceptors (Lipinski definition) is 6. The zero-order chi connectivity index (χ0) is 26.4. The van der Waals surface area contributed by atoms with Crippen LogP contribution in [0.5, 0.6) is 0 Å². The highest BCUT2D eigenvalue weighted by molar-refractivity contribution is 6.02. The van der Waals surface area contributed by atoms with Gasteiger partial charge in [0.25, 0.3) is 6.20 Å². The van der Waals surface area contributed by atoms with Crippen LogP contribution in [-0.2, 0) is 22.3 Å². The molecule has 1 aromatic carbocycles. The number of carbonyl (C=O) groups is 3. The highest BCUT2D eigenvalue weighted by Gasteiger charge is 2.75. The second-order valence-corrected chi connectivity index (χ2v) is 9.31. The van der Waals surface area contributed by atoms with Crippen LogP contribution in [0.2, 0.25) is 0 Å². The summed E-state index contributed by atoms with van der Waals surface area (Å²) >= 11 is 0. The number of alkyl halides is 3. The van der Waals surface area contributed by atoms with Crippen molar-refractivity contribution >= 4 is 35.2 Å². The number of nitrogens with zero attached hydrogens (tertiary/aromatic N) is 3. The average molecular weight is 517 g/mol. The van der Waals surface area contributed by atoms with E-state index in [2.05, 4.69) is 26.2 Å². The molecule has 2 bridgehead atoms. The van der Waals surface area contributed by atoms with Crippen LogP contribution in [-0.4, -0.2) is 33.3 Å². The molecule has 192 valence electrons. The first kappa shape index (κ1) is 24.2. The number of carboxylic acid groups (broad SMARTS) is 1. The molecule has 14 heteroatoms. The number of hydrogen-bond donors (Lipinski definition) is 4. The number of anilines is 3. The number of aromatic nitrogens is 3. The first-order valence-electron chi connectivity index (χ1n) is 11.1. The summed E-state index contributed by atoms with van der Waals surface area (Å²) in [4.78, 5) is 40.5. The normalized spacial score (nSPS) is 21.8. The van der Waals surface area contributed by atoms with Crippen LogP contribution in [0.15, 0.2) is 53.3 Å². The molecule has 3 amide bonds. The Morgan fingerprint density at radius 3 is 2.35 bits per heavy atom. The Morgan fingerprint density at radius 2 is 1.73 bits per heavy atom. The van der Waals surface area contributed by atoms with Crippen molar-refractivity contribution in [3.8, 4) is 0 Å². The van der Waals surface area contributed by atoms with Gasteiger partial charge in [0, 0.05) is 17.6 Å². The molecule has 0 spiro atoms. The molecule has 6 rings (SSSR count). The number of aliphatic carboxylic acids is 1. The highest BCUT2D eigenvalue weighted by atomic mass is 19.4. The Morgan fingerprint density at radius 1 is 1.03 bits per heavy atom. The predicted octanol–water partition coefficient (Wildman–Crippen LogP) is 3.26. The number of carboxylic acids is 1. The van der Waals surface area contributed by atoms with Crippen LogP contribution in [0.25, 0.3) is 0 Å². The Bertz CT molecular complexity index is 1370. The van der Waals surface area contributed by atoms with Crippen molar-refractivity contribution < 1.29 is 41.9 Å². The van der Waals surface area contributed by atoms with Gasteiger partial charge in [-0.1, -0.05) is 6.07 Å². The van der Waals surface area contributed by atoms with Gasteiger partial charge in [-0.3, -0.25) is 24.4 Å². The summed E-state index contributed by atoms with van der Waals surface area (Å²) in [6, 6.07) is 7.05. The van der Waals surface area contributed by atoms with Gasteiger partial charge in [-0.05, 0) is 54.3 Å². The van der Waals surface area contributed by atoms with Crippen LogP contribution in [0.1, 0.15) is 30.5 Å². The lowest BCUT2D eigenvalue weighted by Gasteiger charge is -2.66. The van der Waals surface area contributed by atoms with E-state index in [1.54, 1.807) is 24.4 Å². The number of carbonyl (C=O) groups excluding carboxylic acids is 2. The fraction of sp³-hybridized carbons (Fsp3) is 0.304. The van der Waals surface area contributed by atoms with Crippen molar-refractivity contribution in [3.05, 3.63) is 60.0 Å². The van der Waals surface area contributed by atoms with Crippen LogP contribution in [0.3, 0.4) is 0 Å². The lowest BCUT2D eigenvalue weighted by molar-refractivity contribution is -0.755. The molecule has 37 heavy (non-hydrogen) atoms. The molecule has 0 atom stereocenters. The van der Waals surface area contributed by atoms with E-state index < -0.39 is 40.5 Å². The minimum Gasteiger partial charge on any atom is -0.481 e. The van der Waals surface area contributed by atoms with Crippen molar-refractivity contribution in [1.82, 2.24) is 10.3 Å². The van der Waals surface area contributed by atoms with Gasteiger partial charge in [0.05, 0.1) is 16.4 Å². The SMILES string of the molecule is O=C(Nc1cc(NC(=O)C23CC(C(=O)O)(C2)C3)cc(C(F)(F)F)c1)Nc1c[n+](Cc2ccccn2)no1. The van der Waals surface area contributed by atoms with Crippen LogP contribution < -0.4 is 20.6 Å². The minimum absolute atomic E-state index is 0.0649. The van der Waals surface area contributed by atoms with E-state index in [0.717, 1.165) is 12.1 Å². The summed E-state index contributed by atoms with van der Waals surface area (Å²) in [6.45, 7) is 0.263. The molecule has 0 unspecified atom stereocenters. The molecule has 0 saturated heterocycles. The molecule has 0 radical (unpaired) electrons. The summed E-state index contributed by atoms with van der Waals surface area (Å²) in [5, 5.41) is 20.0. The maximum Gasteiger partial charge on any atom is 0.416 e. The maximum absolute atomic E-state index is 13.5. The molecular formula is C23H20F3N6O5+. The lowest BCUT2D eigenvalue weighted by Crippen LogP contribution is -2.69. The minimum atomic E-state index is -4.75. The number of halogens is 3. The molecule has 3 aliphatic rings. The standard InChI is InChI=1S/C23H19F3N6O5/c24-23(25,26)13-5-15(28-18(33)21-10-22(11-21,12-21)19(34)35)7-16(6-13)29-20(36)30-17-9-32(31-37-17)8-14-3-1-2-4-27-14/h1-7,9H,8,10-12H2,(H3-,28,29,30,31,33,34,35,36)/p+1. The van der Waals surface area contributed by atoms with E-state index in [9.17, 15) is 32.7 Å². The molecule has 0 aliphatic heterocycles. The average Bonchev–Trinajstić information content (AvgIpc) is 3.17. The fourth-order valence-corrected chi connectivity index (χ4v) is 4.80. The summed E-state index contributed by atoms with van der Waals surface area (Å²) in [6.07, 6.45) is -1.34. The number of pyridine rings is 1. The smallest absolute Gasteiger partial charge is 0.416 e. The molecule has 11 nitrogen and oxygen atoms in total. The van der Waals surface area contributed by atoms with Gasteiger partial charge in [-0.15, -0.1) is 0 Å². The zero-order valence-electron chi connectivity index (χ0n) is 19.0. The van der Waals surface area contributed by atoms with Gasteiger partial charge in [-0.25, -0.2) is 4.79 Å². The van der Waals surface area contributed by atoms with E-state index in [0.29, 0.717) is 5.69 Å². The number of urea groups is 1. The molecule has 2 heterocycles. The molecule has 3 fully saturated rings. The summed E-state index contributed by atoms with van der Waals surface area (Å²) in [5.41, 5.74) is -2.62. The highest BCUT2D eigenvalue weighted by Crippen LogP contribution is 2.73. The predicted molar refractivity (Wildman–Crippen MR) is 119 cm³/mol. The van der Waals surface area contributed by atoms with Gasteiger partial charge >= 0.3 is 24.1 Å². The first-order chi connectivity index (χ1) is 17.5. The Balaban J connectivity index is 1.25. The Labute approximate surface area is 206 Å². The summed E-state index contributed by atoms with van der Waals surface area (Å²) < 4.78 is 46.8. The second kappa shape index (κ2) is 8.57. The van der Waals surface area contributed by atoms with Gasteiger partial charge in [-0.2, -0.15) is 13.2 Å². The third-order valence-electron chi connectivity index (χ3n) is 6.54. The van der Waals surface area contributed by atoms with Crippen LogP contribution in [0, 0.1) is 10.8 Å². The van der Waals surface area contributed by atoms with Gasteiger partial charge in [0.15, 0.2) is 0 Å². The number of rotatable bonds is 7. The second-order valence-electron chi connectivity index (χ2n) is 9.31. The molecule has 4 N–H and O–H groups in total. The maximum atomic E-state index is 13.5. The van der Waals surface area contributed by atoms with Gasteiger partial charge in [0.2, 0.25) is 17.7 Å². The van der Waals surface area contributed by atoms with Crippen LogP contribution in [0.4, 0.5) is 35.2 Å². The van der Waals surface area contributed by atoms with Crippen LogP contribution >= 0.6 is 0 Å². The molecular weight excluding hydrogens is 497 g/mol. The quantitative estimate of drug-likeness (QED) is 0.351. The van der Waals surface area contributed by atoms with E-state index in [4.69, 9.17) is 4.52 Å². The number of amides is 3. The van der Waals surface area contributed by atoms with E-state index in [1.165, 1.54) is 16.9 Å². The molecule has 3 aliphatic carbocycles. The Hall–Kier alpha value is -4.49. The van der Waals surface area contributed by atoms with Gasteiger partial charge < -0.3 is 15.7 Å². The van der Waals surface area contributed by atoms with E-state index >= 15 is 0 Å².